The first-order valence-corrected chi connectivity index (χ1v) is 11.8. The zero-order valence-electron chi connectivity index (χ0n) is 20.2. The molecule has 0 amide bonds. The number of halogens is 4. The largest absolute Gasteiger partial charge is 0.423 e. The van der Waals surface area contributed by atoms with Gasteiger partial charge >= 0.3 is 6.18 Å². The van der Waals surface area contributed by atoms with Gasteiger partial charge in [0, 0.05) is 31.2 Å². The van der Waals surface area contributed by atoms with Gasteiger partial charge in [-0.1, -0.05) is 6.92 Å². The van der Waals surface area contributed by atoms with Gasteiger partial charge in [-0.2, -0.15) is 18.3 Å². The van der Waals surface area contributed by atoms with E-state index in [-0.39, 0.29) is 29.7 Å². The number of anilines is 1. The van der Waals surface area contributed by atoms with Crippen LogP contribution in [0.2, 0.25) is 0 Å². The van der Waals surface area contributed by atoms with Gasteiger partial charge in [0.25, 0.3) is 11.1 Å². The first kappa shape index (κ1) is 26.9. The molecule has 3 N–H and O–H groups in total. The van der Waals surface area contributed by atoms with E-state index in [4.69, 9.17) is 0 Å². The van der Waals surface area contributed by atoms with Crippen molar-refractivity contribution in [2.75, 3.05) is 11.9 Å². The maximum atomic E-state index is 14.9. The molecule has 1 atom stereocenters. The number of aryl methyl sites for hydroxylation is 2. The molecule has 0 fully saturated rings. The van der Waals surface area contributed by atoms with Crippen LogP contribution in [-0.4, -0.2) is 42.5 Å². The van der Waals surface area contributed by atoms with E-state index in [0.717, 1.165) is 24.2 Å². The Labute approximate surface area is 213 Å². The molecule has 4 aromatic rings. The molecule has 200 valence electrons. The Morgan fingerprint density at radius 3 is 2.55 bits per heavy atom. The fourth-order valence-corrected chi connectivity index (χ4v) is 4.06. The lowest BCUT2D eigenvalue weighted by Gasteiger charge is -2.20. The summed E-state index contributed by atoms with van der Waals surface area (Å²) in [6.45, 7) is 1.59. The van der Waals surface area contributed by atoms with Gasteiger partial charge in [0.15, 0.2) is 5.82 Å². The van der Waals surface area contributed by atoms with Gasteiger partial charge in [0.05, 0.1) is 29.4 Å². The van der Waals surface area contributed by atoms with Crippen molar-refractivity contribution in [1.29, 1.82) is 0 Å². The lowest BCUT2D eigenvalue weighted by molar-refractivity contribution is -0.138. The zero-order valence-corrected chi connectivity index (χ0v) is 20.2. The minimum Gasteiger partial charge on any atom is -0.394 e. The van der Waals surface area contributed by atoms with E-state index in [2.05, 4.69) is 20.4 Å². The van der Waals surface area contributed by atoms with Crippen LogP contribution in [0.3, 0.4) is 0 Å². The second-order valence-corrected chi connectivity index (χ2v) is 8.65. The fraction of sp³-hybridized carbons (Fsp3) is 0.320. The van der Waals surface area contributed by atoms with Crippen LogP contribution in [0.15, 0.2) is 52.6 Å². The molecule has 3 aromatic heterocycles. The maximum Gasteiger partial charge on any atom is 0.423 e. The van der Waals surface area contributed by atoms with E-state index in [9.17, 15) is 32.3 Å². The number of nitrogens with one attached hydrogen (secondary N) is 2. The molecule has 0 bridgehead atoms. The number of benzene rings is 1. The molecule has 0 saturated heterocycles. The van der Waals surface area contributed by atoms with Crippen molar-refractivity contribution in [2.24, 2.45) is 0 Å². The molecule has 38 heavy (non-hydrogen) atoms. The van der Waals surface area contributed by atoms with Gasteiger partial charge in [-0.25, -0.2) is 19.5 Å². The van der Waals surface area contributed by atoms with E-state index in [1.807, 2.05) is 6.92 Å². The average molecular weight is 532 g/mol. The molecule has 0 unspecified atom stereocenters. The fourth-order valence-electron chi connectivity index (χ4n) is 4.06. The summed E-state index contributed by atoms with van der Waals surface area (Å²) in [6.07, 6.45) is 1.89. The number of nitrogens with zero attached hydrogens (tertiary/aromatic N) is 4. The van der Waals surface area contributed by atoms with Gasteiger partial charge in [-0.3, -0.25) is 9.59 Å². The van der Waals surface area contributed by atoms with Crippen molar-refractivity contribution in [3.63, 3.8) is 0 Å². The lowest BCUT2D eigenvalue weighted by atomic mass is 10.1. The first-order chi connectivity index (χ1) is 18.1. The number of aromatic nitrogens is 5. The number of aromatic amines is 1. The van der Waals surface area contributed by atoms with E-state index in [1.165, 1.54) is 16.8 Å². The number of aliphatic hydroxyl groups excluding tert-OH is 1. The van der Waals surface area contributed by atoms with Gasteiger partial charge in [0.2, 0.25) is 0 Å². The Kier molecular flexibility index (Phi) is 7.86. The molecule has 3 heterocycles. The number of rotatable bonds is 9. The minimum absolute atomic E-state index is 0.153. The lowest BCUT2D eigenvalue weighted by Crippen LogP contribution is -2.30. The summed E-state index contributed by atoms with van der Waals surface area (Å²) in [7, 11) is 0. The summed E-state index contributed by atoms with van der Waals surface area (Å²) in [4.78, 5) is 33.0. The van der Waals surface area contributed by atoms with Crippen LogP contribution in [0.1, 0.15) is 30.9 Å². The highest BCUT2D eigenvalue weighted by molar-refractivity contribution is 5.85. The summed E-state index contributed by atoms with van der Waals surface area (Å²) < 4.78 is 56.0. The van der Waals surface area contributed by atoms with Crippen molar-refractivity contribution < 1.29 is 22.7 Å². The molecular weight excluding hydrogens is 508 g/mol. The summed E-state index contributed by atoms with van der Waals surface area (Å²) in [5, 5.41) is 18.0. The molecule has 9 nitrogen and oxygen atoms in total. The summed E-state index contributed by atoms with van der Waals surface area (Å²) in [5.74, 6) is -0.439. The number of H-pyrrole nitrogens is 1. The third kappa shape index (κ3) is 5.72. The van der Waals surface area contributed by atoms with Crippen molar-refractivity contribution in [3.8, 4) is 11.4 Å². The smallest absolute Gasteiger partial charge is 0.394 e. The van der Waals surface area contributed by atoms with Crippen LogP contribution in [0.4, 0.5) is 23.2 Å². The number of hydrogen-bond acceptors (Lipinski definition) is 7. The topological polar surface area (TPSA) is 126 Å². The van der Waals surface area contributed by atoms with Crippen LogP contribution >= 0.6 is 0 Å². The highest BCUT2D eigenvalue weighted by atomic mass is 19.4. The SMILES string of the molecule is CCc1cnc(-c2cc3ccn(CCC[C@H](CO)Nc4cn[nH]c(=O)c4C(F)(F)F)c(=O)c3cc2F)nc1. The van der Waals surface area contributed by atoms with Gasteiger partial charge in [-0.15, -0.1) is 0 Å². The Hall–Kier alpha value is -4.13. The Bertz CT molecular complexity index is 1550. The zero-order chi connectivity index (χ0) is 27.4. The molecule has 1 aromatic carbocycles. The van der Waals surface area contributed by atoms with Gasteiger partial charge < -0.3 is 15.0 Å². The van der Waals surface area contributed by atoms with Crippen LogP contribution in [-0.2, 0) is 19.1 Å². The van der Waals surface area contributed by atoms with Gasteiger partial charge in [-0.05, 0) is 48.4 Å². The Morgan fingerprint density at radius 1 is 1.16 bits per heavy atom. The van der Waals surface area contributed by atoms with E-state index >= 15 is 0 Å². The number of pyridine rings is 1. The second-order valence-electron chi connectivity index (χ2n) is 8.65. The third-order valence-corrected chi connectivity index (χ3v) is 6.09. The molecule has 0 spiro atoms. The molecule has 0 aliphatic carbocycles. The highest BCUT2D eigenvalue weighted by Crippen LogP contribution is 2.32. The highest BCUT2D eigenvalue weighted by Gasteiger charge is 2.37. The van der Waals surface area contributed by atoms with Crippen molar-refractivity contribution in [2.45, 2.75) is 44.9 Å². The average Bonchev–Trinajstić information content (AvgIpc) is 2.88. The summed E-state index contributed by atoms with van der Waals surface area (Å²) in [6, 6.07) is 3.46. The quantitative estimate of drug-likeness (QED) is 0.282. The van der Waals surface area contributed by atoms with E-state index in [1.54, 1.807) is 23.6 Å². The number of fused-ring (bicyclic) bond motifs is 1. The molecular formula is C25H24F4N6O3. The van der Waals surface area contributed by atoms with Crippen LogP contribution in [0.25, 0.3) is 22.2 Å². The molecule has 0 aliphatic rings. The predicted octanol–water partition coefficient (Wildman–Crippen LogP) is 3.52. The standard InChI is InChI=1S/C25H24F4N6O3/c1-2-14-10-30-22(31-11-14)18-8-15-5-7-35(24(38)17(15)9-19(18)26)6-3-4-16(13-36)33-20-12-32-34-23(37)21(20)25(27,28)29/h5,7-12,16,36H,2-4,6,13H2,1H3,(H2,33,34,37)/t16-/m1/s1. The predicted molar refractivity (Wildman–Crippen MR) is 132 cm³/mol. The van der Waals surface area contributed by atoms with Crippen LogP contribution in [0, 0.1) is 5.82 Å². The molecule has 0 radical (unpaired) electrons. The third-order valence-electron chi connectivity index (χ3n) is 6.09. The Morgan fingerprint density at radius 2 is 1.89 bits per heavy atom. The number of aliphatic hydroxyl groups is 1. The van der Waals surface area contributed by atoms with Gasteiger partial charge in [0.1, 0.15) is 11.4 Å². The van der Waals surface area contributed by atoms with E-state index in [0.29, 0.717) is 11.8 Å². The number of alkyl halides is 3. The van der Waals surface area contributed by atoms with Crippen molar-refractivity contribution in [1.82, 2.24) is 24.7 Å². The normalized spacial score (nSPS) is 12.6. The van der Waals surface area contributed by atoms with Crippen molar-refractivity contribution in [3.05, 3.63) is 80.6 Å². The minimum atomic E-state index is -4.92. The van der Waals surface area contributed by atoms with E-state index < -0.39 is 47.0 Å². The molecule has 13 heteroatoms. The summed E-state index contributed by atoms with van der Waals surface area (Å²) >= 11 is 0. The Balaban J connectivity index is 1.49. The molecule has 4 rings (SSSR count). The van der Waals surface area contributed by atoms with Crippen LogP contribution in [0.5, 0.6) is 0 Å². The maximum absolute atomic E-state index is 14.9. The monoisotopic (exact) mass is 532 g/mol. The van der Waals surface area contributed by atoms with Crippen LogP contribution < -0.4 is 16.4 Å². The summed E-state index contributed by atoms with van der Waals surface area (Å²) in [5.41, 5.74) is -2.76. The molecule has 0 aliphatic heterocycles. The number of hydrogen-bond donors (Lipinski definition) is 3. The molecule has 0 saturated carbocycles. The van der Waals surface area contributed by atoms with Crippen molar-refractivity contribution >= 4 is 16.5 Å². The first-order valence-electron chi connectivity index (χ1n) is 11.8. The second kappa shape index (κ2) is 11.1.